The number of nitrogens with zero attached hydrogens (tertiary/aromatic N) is 3. The van der Waals surface area contributed by atoms with Gasteiger partial charge in [0.2, 0.25) is 11.8 Å². The van der Waals surface area contributed by atoms with E-state index in [2.05, 4.69) is 5.32 Å². The number of carbonyl (C=O) groups excluding carboxylic acids is 2. The van der Waals surface area contributed by atoms with Gasteiger partial charge in [0.1, 0.15) is 18.3 Å². The van der Waals surface area contributed by atoms with E-state index >= 15 is 0 Å². The largest absolute Gasteiger partial charge is 0.495 e. The molecule has 0 radical (unpaired) electrons. The van der Waals surface area contributed by atoms with Crippen molar-refractivity contribution in [3.05, 3.63) is 90.9 Å². The highest BCUT2D eigenvalue weighted by Crippen LogP contribution is 2.36. The molecule has 3 aromatic carbocycles. The topological polar surface area (TPSA) is 139 Å². The van der Waals surface area contributed by atoms with Crippen LogP contribution >= 0.6 is 34.8 Å². The van der Waals surface area contributed by atoms with Crippen molar-refractivity contribution in [2.75, 3.05) is 18.0 Å². The number of hydrogen-bond acceptors (Lipinski definition) is 7. The van der Waals surface area contributed by atoms with Gasteiger partial charge in [-0.05, 0) is 76.1 Å². The first-order valence-electron chi connectivity index (χ1n) is 14.1. The van der Waals surface area contributed by atoms with E-state index in [1.165, 1.54) is 49.3 Å². The van der Waals surface area contributed by atoms with Gasteiger partial charge >= 0.3 is 0 Å². The third kappa shape index (κ3) is 8.81. The van der Waals surface area contributed by atoms with Gasteiger partial charge in [0.15, 0.2) is 0 Å². The molecular formula is C31H35Cl3N4O7S. The zero-order valence-corrected chi connectivity index (χ0v) is 29.2. The Kier molecular flexibility index (Phi) is 11.9. The molecule has 1 unspecified atom stereocenters. The maximum absolute atomic E-state index is 14.3. The maximum atomic E-state index is 14.3. The molecule has 248 valence electrons. The van der Waals surface area contributed by atoms with Gasteiger partial charge in [0, 0.05) is 28.7 Å². The third-order valence-corrected chi connectivity index (χ3v) is 9.60. The minimum absolute atomic E-state index is 0.0657. The minimum Gasteiger partial charge on any atom is -0.495 e. The first-order chi connectivity index (χ1) is 21.4. The molecule has 46 heavy (non-hydrogen) atoms. The Labute approximate surface area is 283 Å². The fourth-order valence-corrected chi connectivity index (χ4v) is 6.58. The molecular weight excluding hydrogens is 679 g/mol. The summed E-state index contributed by atoms with van der Waals surface area (Å²) in [6.07, 6.45) is 0.187. The van der Waals surface area contributed by atoms with Crippen molar-refractivity contribution < 1.29 is 27.7 Å². The lowest BCUT2D eigenvalue weighted by Crippen LogP contribution is -2.55. The van der Waals surface area contributed by atoms with Gasteiger partial charge in [0.05, 0.1) is 32.7 Å². The monoisotopic (exact) mass is 712 g/mol. The highest BCUT2D eigenvalue weighted by molar-refractivity contribution is 7.92. The van der Waals surface area contributed by atoms with Gasteiger partial charge in [-0.25, -0.2) is 8.42 Å². The van der Waals surface area contributed by atoms with Crippen molar-refractivity contribution >= 4 is 68.0 Å². The van der Waals surface area contributed by atoms with E-state index < -0.39 is 55.5 Å². The Morgan fingerprint density at radius 1 is 1.02 bits per heavy atom. The SMILES string of the molecule is CCC(C(=O)NC(C)(C)C)N(Cc1ccc(Cl)c(Cl)c1)C(=O)CN(c1cc(Cl)ccc1OC)S(=O)(=O)c1ccc(C)c([N+](=O)[O-])c1. The van der Waals surface area contributed by atoms with Crippen LogP contribution in [-0.4, -0.2) is 55.3 Å². The highest BCUT2D eigenvalue weighted by atomic mass is 35.5. The Hall–Kier alpha value is -3.58. The molecule has 0 saturated heterocycles. The number of benzene rings is 3. The lowest BCUT2D eigenvalue weighted by atomic mass is 10.1. The molecule has 0 fully saturated rings. The molecule has 0 saturated carbocycles. The van der Waals surface area contributed by atoms with Gasteiger partial charge in [0.25, 0.3) is 15.7 Å². The maximum Gasteiger partial charge on any atom is 0.273 e. The molecule has 0 aliphatic rings. The van der Waals surface area contributed by atoms with E-state index in [1.807, 2.05) is 0 Å². The number of ether oxygens (including phenoxy) is 1. The average molecular weight is 714 g/mol. The van der Waals surface area contributed by atoms with Crippen LogP contribution in [0.25, 0.3) is 0 Å². The summed E-state index contributed by atoms with van der Waals surface area (Å²) in [4.78, 5) is 39.7. The summed E-state index contributed by atoms with van der Waals surface area (Å²) in [6, 6.07) is 11.4. The van der Waals surface area contributed by atoms with E-state index in [9.17, 15) is 28.1 Å². The highest BCUT2D eigenvalue weighted by Gasteiger charge is 2.36. The summed E-state index contributed by atoms with van der Waals surface area (Å²) in [5.74, 6) is -1.14. The molecule has 3 rings (SSSR count). The summed E-state index contributed by atoms with van der Waals surface area (Å²) in [5.41, 5.74) is -0.360. The molecule has 11 nitrogen and oxygen atoms in total. The fourth-order valence-electron chi connectivity index (χ4n) is 4.65. The predicted molar refractivity (Wildman–Crippen MR) is 179 cm³/mol. The third-order valence-electron chi connectivity index (χ3n) is 6.87. The van der Waals surface area contributed by atoms with Crippen LogP contribution in [0.1, 0.15) is 45.2 Å². The second-order valence-electron chi connectivity index (χ2n) is 11.5. The number of halogens is 3. The standard InChI is InChI=1S/C31H35Cl3N4O7S/c1-7-25(30(40)35-31(3,4)5)36(17-20-9-12-23(33)24(34)14-20)29(39)18-37(27-15-21(32)10-13-28(27)45-6)46(43,44)22-11-8-19(2)26(16-22)38(41)42/h8-16,25H,7,17-18H2,1-6H3,(H,35,40). The quantitative estimate of drug-likeness (QED) is 0.161. The smallest absolute Gasteiger partial charge is 0.273 e. The normalized spacial score (nSPS) is 12.3. The number of nitro groups is 1. The van der Waals surface area contributed by atoms with Crippen molar-refractivity contribution in [3.8, 4) is 5.75 Å². The van der Waals surface area contributed by atoms with Gasteiger partial charge in [-0.15, -0.1) is 0 Å². The van der Waals surface area contributed by atoms with E-state index in [1.54, 1.807) is 45.9 Å². The molecule has 0 heterocycles. The summed E-state index contributed by atoms with van der Waals surface area (Å²) < 4.78 is 34.8. The zero-order chi connectivity index (χ0) is 34.6. The van der Waals surface area contributed by atoms with Gasteiger partial charge in [-0.2, -0.15) is 0 Å². The Bertz CT molecular complexity index is 1750. The van der Waals surface area contributed by atoms with Gasteiger partial charge < -0.3 is 15.0 Å². The van der Waals surface area contributed by atoms with Gasteiger partial charge in [-0.3, -0.25) is 24.0 Å². The predicted octanol–water partition coefficient (Wildman–Crippen LogP) is 6.79. The van der Waals surface area contributed by atoms with Gasteiger partial charge in [-0.1, -0.05) is 53.9 Å². The molecule has 1 N–H and O–H groups in total. The number of methoxy groups -OCH3 is 1. The molecule has 3 aromatic rings. The molecule has 0 spiro atoms. The van der Waals surface area contributed by atoms with Crippen molar-refractivity contribution in [3.63, 3.8) is 0 Å². The molecule has 0 aliphatic heterocycles. The van der Waals surface area contributed by atoms with Crippen LogP contribution in [0.3, 0.4) is 0 Å². The minimum atomic E-state index is -4.67. The summed E-state index contributed by atoms with van der Waals surface area (Å²) in [7, 11) is -3.35. The first kappa shape index (κ1) is 36.9. The molecule has 2 amide bonds. The van der Waals surface area contributed by atoms with Crippen LogP contribution in [0.15, 0.2) is 59.5 Å². The summed E-state index contributed by atoms with van der Waals surface area (Å²) >= 11 is 18.6. The zero-order valence-electron chi connectivity index (χ0n) is 26.1. The van der Waals surface area contributed by atoms with Crippen LogP contribution in [0.5, 0.6) is 5.75 Å². The number of sulfonamides is 1. The Morgan fingerprint density at radius 2 is 1.70 bits per heavy atom. The number of hydrogen-bond donors (Lipinski definition) is 1. The lowest BCUT2D eigenvalue weighted by Gasteiger charge is -2.35. The second kappa shape index (κ2) is 14.9. The molecule has 15 heteroatoms. The summed E-state index contributed by atoms with van der Waals surface area (Å²) in [5, 5.41) is 15.2. The second-order valence-corrected chi connectivity index (χ2v) is 14.6. The Balaban J connectivity index is 2.21. The van der Waals surface area contributed by atoms with E-state index in [4.69, 9.17) is 39.5 Å². The van der Waals surface area contributed by atoms with Crippen LogP contribution in [0.2, 0.25) is 15.1 Å². The van der Waals surface area contributed by atoms with Crippen molar-refractivity contribution in [1.29, 1.82) is 0 Å². The van der Waals surface area contributed by atoms with Crippen molar-refractivity contribution in [1.82, 2.24) is 10.2 Å². The molecule has 0 aliphatic carbocycles. The number of anilines is 1. The van der Waals surface area contributed by atoms with Crippen LogP contribution in [0, 0.1) is 17.0 Å². The molecule has 1 atom stereocenters. The first-order valence-corrected chi connectivity index (χ1v) is 16.6. The van der Waals surface area contributed by atoms with Crippen molar-refractivity contribution in [2.45, 2.75) is 64.1 Å². The number of carbonyl (C=O) groups is 2. The summed E-state index contributed by atoms with van der Waals surface area (Å²) in [6.45, 7) is 7.64. The van der Waals surface area contributed by atoms with Crippen LogP contribution < -0.4 is 14.4 Å². The van der Waals surface area contributed by atoms with Crippen molar-refractivity contribution in [2.24, 2.45) is 0 Å². The average Bonchev–Trinajstić information content (AvgIpc) is 2.96. The van der Waals surface area contributed by atoms with E-state index in [-0.39, 0.29) is 40.0 Å². The number of aryl methyl sites for hydroxylation is 1. The fraction of sp³-hybridized carbons (Fsp3) is 0.355. The number of nitro benzene ring substituents is 1. The molecule has 0 aromatic heterocycles. The van der Waals surface area contributed by atoms with Crippen LogP contribution in [-0.2, 0) is 26.2 Å². The van der Waals surface area contributed by atoms with E-state index in [0.29, 0.717) is 10.6 Å². The van der Waals surface area contributed by atoms with Crippen LogP contribution in [0.4, 0.5) is 11.4 Å². The lowest BCUT2D eigenvalue weighted by molar-refractivity contribution is -0.385. The number of rotatable bonds is 12. The molecule has 0 bridgehead atoms. The van der Waals surface area contributed by atoms with E-state index in [0.717, 1.165) is 10.4 Å². The Morgan fingerprint density at radius 3 is 2.26 bits per heavy atom. The number of nitrogens with one attached hydrogen (secondary N) is 1. The number of amides is 2.